The van der Waals surface area contributed by atoms with Gasteiger partial charge < -0.3 is 20.7 Å². The topological polar surface area (TPSA) is 69.4 Å². The molecule has 0 radical (unpaired) electrons. The Bertz CT molecular complexity index is 603. The average Bonchev–Trinajstić information content (AvgIpc) is 2.90. The molecule has 6 heteroatoms. The zero-order valence-corrected chi connectivity index (χ0v) is 15.5. The van der Waals surface area contributed by atoms with Gasteiger partial charge in [-0.2, -0.15) is 0 Å². The maximum atomic E-state index is 5.61. The highest BCUT2D eigenvalue weighted by Crippen LogP contribution is 2.32. The second-order valence-electron chi connectivity index (χ2n) is 6.84. The summed E-state index contributed by atoms with van der Waals surface area (Å²) in [7, 11) is 3.73. The molecule has 3 unspecified atom stereocenters. The van der Waals surface area contributed by atoms with Crippen LogP contribution in [0.1, 0.15) is 31.7 Å². The Balaban J connectivity index is 1.78. The van der Waals surface area contributed by atoms with E-state index in [-0.39, 0.29) is 6.29 Å². The van der Waals surface area contributed by atoms with E-state index < -0.39 is 0 Å². The van der Waals surface area contributed by atoms with Gasteiger partial charge in [-0.15, -0.1) is 0 Å². The second-order valence-corrected chi connectivity index (χ2v) is 6.84. The summed E-state index contributed by atoms with van der Waals surface area (Å²) in [4.78, 5) is 0. The Morgan fingerprint density at radius 3 is 2.92 bits per heavy atom. The smallest absolute Gasteiger partial charge is 0.133 e. The SMILES string of the molecule is CNC1CC(C)NC(Nc2ccc(OC)c(C3=CCNCCC3)c2)N1. The fraction of sp³-hybridized carbons (Fsp3) is 0.579. The molecule has 3 atom stereocenters. The van der Waals surface area contributed by atoms with Gasteiger partial charge in [0, 0.05) is 23.8 Å². The van der Waals surface area contributed by atoms with Gasteiger partial charge in [-0.05, 0) is 63.6 Å². The minimum atomic E-state index is 0.0345. The highest BCUT2D eigenvalue weighted by atomic mass is 16.5. The molecule has 1 fully saturated rings. The van der Waals surface area contributed by atoms with Crippen molar-refractivity contribution in [3.05, 3.63) is 29.8 Å². The molecular formula is C19H31N5O. The summed E-state index contributed by atoms with van der Waals surface area (Å²) in [5.74, 6) is 0.935. The Hall–Kier alpha value is -1.60. The Morgan fingerprint density at radius 2 is 2.12 bits per heavy atom. The number of anilines is 1. The quantitative estimate of drug-likeness (QED) is 0.559. The van der Waals surface area contributed by atoms with Crippen LogP contribution in [0.4, 0.5) is 5.69 Å². The van der Waals surface area contributed by atoms with E-state index >= 15 is 0 Å². The predicted molar refractivity (Wildman–Crippen MR) is 104 cm³/mol. The molecule has 1 aromatic carbocycles. The third-order valence-electron chi connectivity index (χ3n) is 4.91. The summed E-state index contributed by atoms with van der Waals surface area (Å²) >= 11 is 0. The molecule has 0 amide bonds. The molecule has 5 N–H and O–H groups in total. The van der Waals surface area contributed by atoms with Crippen molar-refractivity contribution in [2.45, 2.75) is 44.7 Å². The summed E-state index contributed by atoms with van der Waals surface area (Å²) in [6, 6.07) is 6.78. The molecule has 2 aliphatic heterocycles. The van der Waals surface area contributed by atoms with Gasteiger partial charge in [0.05, 0.1) is 13.3 Å². The molecule has 1 saturated heterocycles. The van der Waals surface area contributed by atoms with Crippen LogP contribution in [-0.4, -0.2) is 45.7 Å². The zero-order valence-electron chi connectivity index (χ0n) is 15.5. The lowest BCUT2D eigenvalue weighted by Gasteiger charge is -2.36. The van der Waals surface area contributed by atoms with Gasteiger partial charge >= 0.3 is 0 Å². The third kappa shape index (κ3) is 4.73. The Kier molecular flexibility index (Phi) is 6.31. The van der Waals surface area contributed by atoms with E-state index in [0.29, 0.717) is 12.2 Å². The number of ether oxygens (including phenoxy) is 1. The fourth-order valence-corrected chi connectivity index (χ4v) is 3.57. The van der Waals surface area contributed by atoms with Crippen LogP contribution in [0.2, 0.25) is 0 Å². The van der Waals surface area contributed by atoms with E-state index in [4.69, 9.17) is 4.74 Å². The maximum absolute atomic E-state index is 5.61. The number of rotatable bonds is 5. The Labute approximate surface area is 150 Å². The summed E-state index contributed by atoms with van der Waals surface area (Å²) in [6.07, 6.45) is 5.91. The van der Waals surface area contributed by atoms with Crippen LogP contribution < -0.4 is 31.3 Å². The number of nitrogens with one attached hydrogen (secondary N) is 5. The van der Waals surface area contributed by atoms with Gasteiger partial charge in [0.2, 0.25) is 0 Å². The van der Waals surface area contributed by atoms with E-state index in [1.54, 1.807) is 7.11 Å². The van der Waals surface area contributed by atoms with Crippen molar-refractivity contribution >= 4 is 11.3 Å². The minimum absolute atomic E-state index is 0.0345. The van der Waals surface area contributed by atoms with Crippen molar-refractivity contribution in [3.8, 4) is 5.75 Å². The van der Waals surface area contributed by atoms with Crippen molar-refractivity contribution in [3.63, 3.8) is 0 Å². The van der Waals surface area contributed by atoms with Crippen molar-refractivity contribution < 1.29 is 4.74 Å². The van der Waals surface area contributed by atoms with Gasteiger partial charge in [0.1, 0.15) is 12.0 Å². The molecule has 138 valence electrons. The van der Waals surface area contributed by atoms with Gasteiger partial charge in [0.15, 0.2) is 0 Å². The first-order valence-electron chi connectivity index (χ1n) is 9.23. The van der Waals surface area contributed by atoms with E-state index in [9.17, 15) is 0 Å². The predicted octanol–water partition coefficient (Wildman–Crippen LogP) is 1.67. The molecule has 6 nitrogen and oxygen atoms in total. The molecule has 1 aromatic rings. The molecule has 0 bridgehead atoms. The lowest BCUT2D eigenvalue weighted by atomic mass is 9.99. The first-order chi connectivity index (χ1) is 12.2. The summed E-state index contributed by atoms with van der Waals surface area (Å²) < 4.78 is 5.61. The van der Waals surface area contributed by atoms with Gasteiger partial charge in [-0.25, -0.2) is 0 Å². The molecule has 0 aromatic heterocycles. The molecule has 3 rings (SSSR count). The van der Waals surface area contributed by atoms with Crippen molar-refractivity contribution in [1.29, 1.82) is 0 Å². The van der Waals surface area contributed by atoms with Gasteiger partial charge in [-0.1, -0.05) is 6.08 Å². The number of hydrogen-bond acceptors (Lipinski definition) is 6. The van der Waals surface area contributed by atoms with Gasteiger partial charge in [0.25, 0.3) is 0 Å². The molecule has 0 spiro atoms. The fourth-order valence-electron chi connectivity index (χ4n) is 3.57. The van der Waals surface area contributed by atoms with Crippen LogP contribution in [0.25, 0.3) is 5.57 Å². The maximum Gasteiger partial charge on any atom is 0.133 e. The van der Waals surface area contributed by atoms with Crippen molar-refractivity contribution in [2.75, 3.05) is 32.6 Å². The lowest BCUT2D eigenvalue weighted by Crippen LogP contribution is -2.63. The lowest BCUT2D eigenvalue weighted by molar-refractivity contribution is 0.249. The standard InChI is InChI=1S/C19H31N5O/c1-13-11-18(20-2)24-19(22-13)23-15-6-7-17(25-3)16(12-15)14-5-4-9-21-10-8-14/h6-8,12-13,18-24H,4-5,9-11H2,1-3H3. The molecule has 2 aliphatic rings. The van der Waals surface area contributed by atoms with Crippen LogP contribution >= 0.6 is 0 Å². The van der Waals surface area contributed by atoms with Crippen LogP contribution in [0.15, 0.2) is 24.3 Å². The summed E-state index contributed by atoms with van der Waals surface area (Å²) in [5, 5.41) is 17.4. The molecule has 2 heterocycles. The first kappa shape index (κ1) is 18.2. The normalized spacial score (nSPS) is 27.3. The number of hydrogen-bond donors (Lipinski definition) is 5. The molecule has 0 aliphatic carbocycles. The number of methoxy groups -OCH3 is 1. The van der Waals surface area contributed by atoms with E-state index in [2.05, 4.69) is 57.8 Å². The minimum Gasteiger partial charge on any atom is -0.496 e. The van der Waals surface area contributed by atoms with Crippen molar-refractivity contribution in [1.82, 2.24) is 21.3 Å². The van der Waals surface area contributed by atoms with E-state index in [1.807, 2.05) is 7.05 Å². The van der Waals surface area contributed by atoms with Crippen LogP contribution in [0, 0.1) is 0 Å². The second kappa shape index (κ2) is 8.67. The average molecular weight is 345 g/mol. The number of allylic oxidation sites excluding steroid dienone is 1. The van der Waals surface area contributed by atoms with Crippen molar-refractivity contribution in [2.24, 2.45) is 0 Å². The third-order valence-corrected chi connectivity index (χ3v) is 4.91. The van der Waals surface area contributed by atoms with Gasteiger partial charge in [-0.3, -0.25) is 10.6 Å². The van der Waals surface area contributed by atoms with Crippen LogP contribution in [0.3, 0.4) is 0 Å². The Morgan fingerprint density at radius 1 is 1.24 bits per heavy atom. The largest absolute Gasteiger partial charge is 0.496 e. The molecule has 0 saturated carbocycles. The summed E-state index contributed by atoms with van der Waals surface area (Å²) in [6.45, 7) is 4.20. The van der Waals surface area contributed by atoms with E-state index in [1.165, 1.54) is 11.1 Å². The van der Waals surface area contributed by atoms with Crippen LogP contribution in [-0.2, 0) is 0 Å². The molecular weight excluding hydrogens is 314 g/mol. The molecule has 25 heavy (non-hydrogen) atoms. The van der Waals surface area contributed by atoms with E-state index in [0.717, 1.165) is 43.8 Å². The number of benzene rings is 1. The highest BCUT2D eigenvalue weighted by Gasteiger charge is 2.24. The highest BCUT2D eigenvalue weighted by molar-refractivity contribution is 5.74. The zero-order chi connectivity index (χ0) is 17.6. The van der Waals surface area contributed by atoms with Crippen LogP contribution in [0.5, 0.6) is 5.75 Å². The first-order valence-corrected chi connectivity index (χ1v) is 9.23. The summed E-state index contributed by atoms with van der Waals surface area (Å²) in [5.41, 5.74) is 3.63. The monoisotopic (exact) mass is 345 g/mol.